The van der Waals surface area contributed by atoms with Gasteiger partial charge in [0.1, 0.15) is 0 Å². The van der Waals surface area contributed by atoms with Crippen LogP contribution < -0.4 is 0 Å². The van der Waals surface area contributed by atoms with E-state index < -0.39 is 30.6 Å². The third kappa shape index (κ3) is 6.72. The van der Waals surface area contributed by atoms with Crippen molar-refractivity contribution in [2.24, 2.45) is 0 Å². The molecule has 0 saturated carbocycles. The molecule has 108 valence electrons. The number of hydrogen-bond acceptors (Lipinski definition) is 2. The van der Waals surface area contributed by atoms with Crippen molar-refractivity contribution in [2.75, 3.05) is 0 Å². The summed E-state index contributed by atoms with van der Waals surface area (Å²) in [4.78, 5) is -0.0840. The minimum Gasteiger partial charge on any atom is -0.388 e. The second kappa shape index (κ2) is 6.04. The predicted molar refractivity (Wildman–Crippen MR) is 58.6 cm³/mol. The zero-order chi connectivity index (χ0) is 14.7. The fraction of sp³-hybridized carbons (Fsp3) is 0.455. The zero-order valence-corrected chi connectivity index (χ0v) is 10.2. The normalized spacial score (nSPS) is 14.5. The first kappa shape index (κ1) is 16.2. The molecule has 8 heteroatoms. The van der Waals surface area contributed by atoms with Crippen molar-refractivity contribution in [1.82, 2.24) is 0 Å². The summed E-state index contributed by atoms with van der Waals surface area (Å²) >= 11 is -0.323. The Hall–Kier alpha value is -0.890. The number of rotatable bonds is 4. The summed E-state index contributed by atoms with van der Waals surface area (Å²) in [6.07, 6.45) is -7.37. The number of aliphatic hydroxyl groups is 1. The molecule has 1 atom stereocenters. The largest absolute Gasteiger partial charge is 0.446 e. The summed E-state index contributed by atoms with van der Waals surface area (Å²) in [5.41, 5.74) is -4.26. The van der Waals surface area contributed by atoms with Crippen LogP contribution in [0.3, 0.4) is 0 Å². The van der Waals surface area contributed by atoms with E-state index in [1.165, 1.54) is 12.1 Å². The first-order valence-corrected chi connectivity index (χ1v) is 5.99. The van der Waals surface area contributed by atoms with Crippen molar-refractivity contribution in [3.05, 3.63) is 29.8 Å². The number of hydrogen-bond donors (Lipinski definition) is 1. The molecule has 1 N–H and O–H groups in total. The van der Waals surface area contributed by atoms with Gasteiger partial charge in [0.25, 0.3) is 0 Å². The fourth-order valence-electron chi connectivity index (χ4n) is 1.36. The van der Waals surface area contributed by atoms with Gasteiger partial charge in [-0.15, -0.1) is 0 Å². The summed E-state index contributed by atoms with van der Waals surface area (Å²) < 4.78 is 71.9. The number of halogens is 6. The molecule has 0 aliphatic carbocycles. The van der Waals surface area contributed by atoms with Gasteiger partial charge in [-0.05, 0) is 35.9 Å². The van der Waals surface area contributed by atoms with Crippen molar-refractivity contribution in [3.63, 3.8) is 0 Å². The van der Waals surface area contributed by atoms with Gasteiger partial charge in [-0.1, -0.05) is 12.1 Å². The van der Waals surface area contributed by atoms with E-state index in [-0.39, 0.29) is 22.2 Å². The SMILES string of the molecule is OC(CCC(F)(F)F)c1ccc(SC(F)(F)F)cc1. The highest BCUT2D eigenvalue weighted by atomic mass is 32.2. The first-order valence-electron chi connectivity index (χ1n) is 5.17. The van der Waals surface area contributed by atoms with Gasteiger partial charge in [0, 0.05) is 11.3 Å². The molecule has 0 heterocycles. The molecule has 0 radical (unpaired) electrons. The maximum absolute atomic E-state index is 12.0. The Morgan fingerprint density at radius 1 is 1.00 bits per heavy atom. The Morgan fingerprint density at radius 2 is 1.53 bits per heavy atom. The molecular weight excluding hydrogens is 294 g/mol. The van der Waals surface area contributed by atoms with E-state index >= 15 is 0 Å². The van der Waals surface area contributed by atoms with Crippen LogP contribution in [0.5, 0.6) is 0 Å². The van der Waals surface area contributed by atoms with Gasteiger partial charge in [0.15, 0.2) is 0 Å². The first-order chi connectivity index (χ1) is 8.57. The van der Waals surface area contributed by atoms with Crippen LogP contribution in [-0.4, -0.2) is 16.8 Å². The molecule has 1 unspecified atom stereocenters. The van der Waals surface area contributed by atoms with Crippen molar-refractivity contribution in [2.45, 2.75) is 35.5 Å². The lowest BCUT2D eigenvalue weighted by Gasteiger charge is -2.13. The highest BCUT2D eigenvalue weighted by Gasteiger charge is 2.30. The Balaban J connectivity index is 2.60. The summed E-state index contributed by atoms with van der Waals surface area (Å²) in [5, 5.41) is 9.48. The van der Waals surface area contributed by atoms with Gasteiger partial charge in [-0.25, -0.2) is 0 Å². The molecule has 0 fully saturated rings. The van der Waals surface area contributed by atoms with E-state index in [1.807, 2.05) is 0 Å². The van der Waals surface area contributed by atoms with Crippen LogP contribution in [0.2, 0.25) is 0 Å². The topological polar surface area (TPSA) is 20.2 Å². The highest BCUT2D eigenvalue weighted by Crippen LogP contribution is 2.37. The molecule has 1 aromatic rings. The van der Waals surface area contributed by atoms with Crippen LogP contribution in [0.15, 0.2) is 29.2 Å². The van der Waals surface area contributed by atoms with Crippen LogP contribution in [0.4, 0.5) is 26.3 Å². The molecule has 0 aromatic heterocycles. The quantitative estimate of drug-likeness (QED) is 0.644. The van der Waals surface area contributed by atoms with Crippen LogP contribution in [0.1, 0.15) is 24.5 Å². The average molecular weight is 304 g/mol. The molecule has 0 aliphatic heterocycles. The van der Waals surface area contributed by atoms with E-state index in [4.69, 9.17) is 0 Å². The minimum atomic E-state index is -4.42. The zero-order valence-electron chi connectivity index (χ0n) is 9.42. The van der Waals surface area contributed by atoms with Crippen molar-refractivity contribution < 1.29 is 31.4 Å². The molecule has 1 aromatic carbocycles. The molecular formula is C11H10F6OS. The van der Waals surface area contributed by atoms with Crippen LogP contribution >= 0.6 is 11.8 Å². The maximum Gasteiger partial charge on any atom is 0.446 e. The number of thioether (sulfide) groups is 1. The summed E-state index contributed by atoms with van der Waals surface area (Å²) in [6, 6.07) is 4.61. The van der Waals surface area contributed by atoms with Gasteiger partial charge < -0.3 is 5.11 Å². The van der Waals surface area contributed by atoms with Crippen molar-refractivity contribution in [1.29, 1.82) is 0 Å². The molecule has 0 amide bonds. The Morgan fingerprint density at radius 3 is 1.95 bits per heavy atom. The van der Waals surface area contributed by atoms with Crippen molar-refractivity contribution >= 4 is 11.8 Å². The number of aliphatic hydroxyl groups excluding tert-OH is 1. The van der Waals surface area contributed by atoms with E-state index in [0.717, 1.165) is 12.1 Å². The van der Waals surface area contributed by atoms with E-state index in [9.17, 15) is 31.4 Å². The summed E-state index contributed by atoms with van der Waals surface area (Å²) in [7, 11) is 0. The van der Waals surface area contributed by atoms with Crippen LogP contribution in [0.25, 0.3) is 0 Å². The predicted octanol–water partition coefficient (Wildman–Crippen LogP) is 4.67. The molecule has 0 bridgehead atoms. The second-order valence-corrected chi connectivity index (χ2v) is 4.92. The molecule has 0 saturated heterocycles. The third-order valence-corrected chi connectivity index (χ3v) is 2.94. The lowest BCUT2D eigenvalue weighted by molar-refractivity contribution is -0.140. The summed E-state index contributed by atoms with van der Waals surface area (Å²) in [6.45, 7) is 0. The van der Waals surface area contributed by atoms with E-state index in [0.29, 0.717) is 0 Å². The van der Waals surface area contributed by atoms with Gasteiger partial charge >= 0.3 is 11.7 Å². The monoisotopic (exact) mass is 304 g/mol. The highest BCUT2D eigenvalue weighted by molar-refractivity contribution is 8.00. The van der Waals surface area contributed by atoms with Crippen LogP contribution in [0, 0.1) is 0 Å². The van der Waals surface area contributed by atoms with Gasteiger partial charge in [0.2, 0.25) is 0 Å². The fourth-order valence-corrected chi connectivity index (χ4v) is 1.90. The average Bonchev–Trinajstić information content (AvgIpc) is 2.23. The number of alkyl halides is 6. The second-order valence-electron chi connectivity index (χ2n) is 3.79. The Labute approximate surface area is 109 Å². The molecule has 19 heavy (non-hydrogen) atoms. The van der Waals surface area contributed by atoms with E-state index in [2.05, 4.69) is 0 Å². The molecule has 0 spiro atoms. The minimum absolute atomic E-state index is 0.0840. The van der Waals surface area contributed by atoms with Gasteiger partial charge in [-0.3, -0.25) is 0 Å². The Bertz CT molecular complexity index is 397. The Kier molecular flexibility index (Phi) is 5.14. The molecule has 1 rings (SSSR count). The number of benzene rings is 1. The lowest BCUT2D eigenvalue weighted by Crippen LogP contribution is -2.10. The van der Waals surface area contributed by atoms with Crippen LogP contribution in [-0.2, 0) is 0 Å². The van der Waals surface area contributed by atoms with Gasteiger partial charge in [0.05, 0.1) is 6.10 Å². The standard InChI is InChI=1S/C11H10F6OS/c12-10(13,14)6-5-9(18)7-1-3-8(4-2-7)19-11(15,16)17/h1-4,9,18H,5-6H2. The van der Waals surface area contributed by atoms with Crippen molar-refractivity contribution in [3.8, 4) is 0 Å². The third-order valence-electron chi connectivity index (χ3n) is 2.20. The summed E-state index contributed by atoms with van der Waals surface area (Å²) in [5.74, 6) is 0. The molecule has 1 nitrogen and oxygen atoms in total. The smallest absolute Gasteiger partial charge is 0.388 e. The maximum atomic E-state index is 12.0. The molecule has 0 aliphatic rings. The van der Waals surface area contributed by atoms with Gasteiger partial charge in [-0.2, -0.15) is 26.3 Å². The van der Waals surface area contributed by atoms with E-state index in [1.54, 1.807) is 0 Å². The lowest BCUT2D eigenvalue weighted by atomic mass is 10.1.